The van der Waals surface area contributed by atoms with E-state index in [9.17, 15) is 14.4 Å². The van der Waals surface area contributed by atoms with E-state index in [0.717, 1.165) is 0 Å². The predicted octanol–water partition coefficient (Wildman–Crippen LogP) is 4.53. The summed E-state index contributed by atoms with van der Waals surface area (Å²) in [6.45, 7) is 15.1. The first kappa shape index (κ1) is 28.1. The van der Waals surface area contributed by atoms with Crippen molar-refractivity contribution in [2.45, 2.75) is 85.0 Å². The molecule has 0 radical (unpaired) electrons. The Morgan fingerprint density at radius 1 is 0.939 bits per heavy atom. The van der Waals surface area contributed by atoms with E-state index < -0.39 is 34.8 Å². The number of nitrogens with two attached hydrogens (primary N) is 1. The summed E-state index contributed by atoms with van der Waals surface area (Å²) in [5.41, 5.74) is 4.21. The fourth-order valence-electron chi connectivity index (χ4n) is 3.16. The van der Waals surface area contributed by atoms with Crippen molar-refractivity contribution >= 4 is 29.5 Å². The van der Waals surface area contributed by atoms with Crippen LogP contribution in [0.4, 0.5) is 21.0 Å². The molecule has 4 N–H and O–H groups in total. The molecule has 3 amide bonds. The Bertz CT molecular complexity index is 819. The number of nitrogens with zero attached hydrogens (tertiary/aromatic N) is 1. The van der Waals surface area contributed by atoms with Gasteiger partial charge in [-0.25, -0.2) is 9.59 Å². The van der Waals surface area contributed by atoms with Crippen molar-refractivity contribution in [1.29, 1.82) is 0 Å². The van der Waals surface area contributed by atoms with Crippen LogP contribution in [0.25, 0.3) is 0 Å². The van der Waals surface area contributed by atoms with Crippen molar-refractivity contribution < 1.29 is 23.9 Å². The number of anilines is 2. The van der Waals surface area contributed by atoms with E-state index >= 15 is 0 Å². The number of hydrogen-bond acceptors (Lipinski definition) is 6. The average molecular weight is 465 g/mol. The molecule has 33 heavy (non-hydrogen) atoms. The molecule has 1 aromatic rings. The number of piperidine rings is 1. The van der Waals surface area contributed by atoms with E-state index in [1.165, 1.54) is 4.90 Å². The molecule has 0 bridgehead atoms. The minimum atomic E-state index is -1.26. The molecule has 1 saturated heterocycles. The summed E-state index contributed by atoms with van der Waals surface area (Å²) in [5, 5.41) is 5.55. The summed E-state index contributed by atoms with van der Waals surface area (Å²) in [4.78, 5) is 39.7. The molecule has 186 valence electrons. The summed E-state index contributed by atoms with van der Waals surface area (Å²) in [7, 11) is 0. The summed E-state index contributed by atoms with van der Waals surface area (Å²) in [6, 6.07) is 6.88. The third kappa shape index (κ3) is 8.82. The number of likely N-dealkylation sites (tertiary alicyclic amines) is 1. The third-order valence-electron chi connectivity index (χ3n) is 4.65. The van der Waals surface area contributed by atoms with Crippen LogP contribution in [-0.4, -0.2) is 52.8 Å². The van der Waals surface area contributed by atoms with Crippen molar-refractivity contribution in [1.82, 2.24) is 10.2 Å². The molecule has 0 atom stereocenters. The van der Waals surface area contributed by atoms with Crippen LogP contribution in [0.5, 0.6) is 0 Å². The topological polar surface area (TPSA) is 123 Å². The second-order valence-corrected chi connectivity index (χ2v) is 9.72. The second kappa shape index (κ2) is 11.2. The number of carbonyl (C=O) groups excluding carboxylic acids is 3. The molecule has 1 fully saturated rings. The van der Waals surface area contributed by atoms with Crippen LogP contribution in [0.2, 0.25) is 0 Å². The van der Waals surface area contributed by atoms with Gasteiger partial charge in [-0.2, -0.15) is 0 Å². The van der Waals surface area contributed by atoms with Gasteiger partial charge >= 0.3 is 12.2 Å². The van der Waals surface area contributed by atoms with Crippen molar-refractivity contribution in [3.63, 3.8) is 0 Å². The minimum absolute atomic E-state index is 0.198. The van der Waals surface area contributed by atoms with Crippen LogP contribution in [0.15, 0.2) is 24.3 Å². The Labute approximate surface area is 197 Å². The smallest absolute Gasteiger partial charge is 0.410 e. The summed E-state index contributed by atoms with van der Waals surface area (Å²) in [5.74, 6) is -0.417. The van der Waals surface area contributed by atoms with Crippen LogP contribution in [-0.2, 0) is 14.3 Å². The maximum atomic E-state index is 13.3. The zero-order valence-electron chi connectivity index (χ0n) is 21.2. The number of amides is 3. The minimum Gasteiger partial charge on any atom is -0.444 e. The monoisotopic (exact) mass is 464 g/mol. The van der Waals surface area contributed by atoms with E-state index in [4.69, 9.17) is 15.2 Å². The zero-order chi connectivity index (χ0) is 25.4. The second-order valence-electron chi connectivity index (χ2n) is 9.72. The van der Waals surface area contributed by atoms with Crippen molar-refractivity contribution in [3.8, 4) is 0 Å². The molecule has 1 aromatic carbocycles. The van der Waals surface area contributed by atoms with Crippen LogP contribution in [0, 0.1) is 0 Å². The van der Waals surface area contributed by atoms with Gasteiger partial charge in [0.25, 0.3) is 0 Å². The number of benzene rings is 1. The first-order valence-electron chi connectivity index (χ1n) is 11.4. The lowest BCUT2D eigenvalue weighted by Crippen LogP contribution is -2.63. The summed E-state index contributed by atoms with van der Waals surface area (Å²) in [6.07, 6.45) is -0.755. The number of hydrogen-bond donors (Lipinski definition) is 3. The van der Waals surface area contributed by atoms with E-state index in [-0.39, 0.29) is 25.9 Å². The van der Waals surface area contributed by atoms with E-state index in [2.05, 4.69) is 10.6 Å². The maximum absolute atomic E-state index is 13.3. The first-order chi connectivity index (χ1) is 15.2. The molecule has 2 rings (SSSR count). The van der Waals surface area contributed by atoms with Gasteiger partial charge in [-0.3, -0.25) is 4.79 Å². The SMILES string of the molecule is CC.CC(C)(C)OC(=O)NC1(C(=O)Nc2ccccc2N)CCN(C(=O)OC(C)(C)C)CC1. The van der Waals surface area contributed by atoms with Crippen molar-refractivity contribution in [2.24, 2.45) is 0 Å². The standard InChI is InChI=1S/C22H34N4O5.C2H6/c1-20(2,3)30-18(28)25-22(17(27)24-16-10-8-7-9-15(16)23)11-13-26(14-12-22)19(29)31-21(4,5)6;1-2/h7-10H,11-14,23H2,1-6H3,(H,24,27)(H,25,28);1-2H3. The fourth-order valence-corrected chi connectivity index (χ4v) is 3.16. The Kier molecular flexibility index (Phi) is 9.57. The zero-order valence-corrected chi connectivity index (χ0v) is 21.2. The van der Waals surface area contributed by atoms with E-state index in [1.807, 2.05) is 13.8 Å². The molecule has 9 heteroatoms. The van der Waals surface area contributed by atoms with E-state index in [0.29, 0.717) is 11.4 Å². The lowest BCUT2D eigenvalue weighted by molar-refractivity contribution is -0.124. The number of para-hydroxylation sites is 2. The van der Waals surface area contributed by atoms with Crippen LogP contribution < -0.4 is 16.4 Å². The number of carbonyl (C=O) groups is 3. The van der Waals surface area contributed by atoms with Gasteiger partial charge < -0.3 is 30.7 Å². The van der Waals surface area contributed by atoms with Gasteiger partial charge in [0.1, 0.15) is 16.7 Å². The van der Waals surface area contributed by atoms with Gasteiger partial charge in [0.05, 0.1) is 11.4 Å². The number of ether oxygens (including phenoxy) is 2. The molecule has 0 saturated carbocycles. The van der Waals surface area contributed by atoms with Gasteiger partial charge in [0.2, 0.25) is 5.91 Å². The Morgan fingerprint density at radius 3 is 1.94 bits per heavy atom. The van der Waals surface area contributed by atoms with Crippen LogP contribution in [0.1, 0.15) is 68.2 Å². The van der Waals surface area contributed by atoms with Crippen molar-refractivity contribution in [3.05, 3.63) is 24.3 Å². The lowest BCUT2D eigenvalue weighted by atomic mass is 9.86. The Balaban J connectivity index is 0.00000265. The molecule has 0 aromatic heterocycles. The number of nitrogens with one attached hydrogen (secondary N) is 2. The molecule has 9 nitrogen and oxygen atoms in total. The largest absolute Gasteiger partial charge is 0.444 e. The normalized spacial score (nSPS) is 15.5. The van der Waals surface area contributed by atoms with Gasteiger partial charge in [-0.15, -0.1) is 0 Å². The fraction of sp³-hybridized carbons (Fsp3) is 0.625. The molecule has 0 aliphatic carbocycles. The Morgan fingerprint density at radius 2 is 1.45 bits per heavy atom. The molecule has 1 heterocycles. The van der Waals surface area contributed by atoms with E-state index in [1.54, 1.807) is 65.8 Å². The van der Waals surface area contributed by atoms with Crippen LogP contribution >= 0.6 is 0 Å². The summed E-state index contributed by atoms with van der Waals surface area (Å²) < 4.78 is 10.8. The quantitative estimate of drug-likeness (QED) is 0.565. The number of alkyl carbamates (subject to hydrolysis) is 1. The Hall–Kier alpha value is -2.97. The average Bonchev–Trinajstić information content (AvgIpc) is 2.69. The molecular formula is C24H40N4O5. The molecular weight excluding hydrogens is 424 g/mol. The highest BCUT2D eigenvalue weighted by molar-refractivity contribution is 6.02. The highest BCUT2D eigenvalue weighted by atomic mass is 16.6. The maximum Gasteiger partial charge on any atom is 0.410 e. The predicted molar refractivity (Wildman–Crippen MR) is 130 cm³/mol. The first-order valence-corrected chi connectivity index (χ1v) is 11.4. The highest BCUT2D eigenvalue weighted by Crippen LogP contribution is 2.28. The molecule has 0 unspecified atom stereocenters. The van der Waals surface area contributed by atoms with Gasteiger partial charge in [0, 0.05) is 13.1 Å². The summed E-state index contributed by atoms with van der Waals surface area (Å²) >= 11 is 0. The number of nitrogen functional groups attached to an aromatic ring is 1. The highest BCUT2D eigenvalue weighted by Gasteiger charge is 2.45. The van der Waals surface area contributed by atoms with Gasteiger partial charge in [-0.05, 0) is 66.5 Å². The number of rotatable bonds is 3. The molecule has 1 aliphatic heterocycles. The van der Waals surface area contributed by atoms with Gasteiger partial charge in [0.15, 0.2) is 0 Å². The third-order valence-corrected chi connectivity index (χ3v) is 4.65. The van der Waals surface area contributed by atoms with Crippen LogP contribution in [0.3, 0.4) is 0 Å². The molecule has 1 aliphatic rings. The van der Waals surface area contributed by atoms with Gasteiger partial charge in [-0.1, -0.05) is 26.0 Å². The van der Waals surface area contributed by atoms with Crippen molar-refractivity contribution in [2.75, 3.05) is 24.1 Å². The molecule has 0 spiro atoms. The lowest BCUT2D eigenvalue weighted by Gasteiger charge is -2.41.